The van der Waals surface area contributed by atoms with E-state index in [9.17, 15) is 0 Å². The lowest BCUT2D eigenvalue weighted by atomic mass is 9.68. The maximum atomic E-state index is 5.70. The third-order valence-electron chi connectivity index (χ3n) is 3.89. The Bertz CT molecular complexity index is 195. The second-order valence-electron chi connectivity index (χ2n) is 4.71. The Balaban J connectivity index is 1.66. The topological polar surface area (TPSA) is 30.5 Å². The number of nitrogens with one attached hydrogen (secondary N) is 1. The Labute approximate surface area is 78.8 Å². The second kappa shape index (κ2) is 2.69. The van der Waals surface area contributed by atoms with Crippen LogP contribution in [0.5, 0.6) is 0 Å². The largest absolute Gasteiger partial charge is 0.348 e. The van der Waals surface area contributed by atoms with Gasteiger partial charge in [0.1, 0.15) is 0 Å². The summed E-state index contributed by atoms with van der Waals surface area (Å²) >= 11 is 0. The van der Waals surface area contributed by atoms with Crippen LogP contribution in [-0.2, 0) is 9.47 Å². The van der Waals surface area contributed by atoms with Crippen molar-refractivity contribution >= 4 is 0 Å². The van der Waals surface area contributed by atoms with E-state index in [2.05, 4.69) is 5.32 Å². The van der Waals surface area contributed by atoms with Gasteiger partial charge in [-0.05, 0) is 18.3 Å². The van der Waals surface area contributed by atoms with Crippen molar-refractivity contribution in [3.05, 3.63) is 0 Å². The molecule has 74 valence electrons. The van der Waals surface area contributed by atoms with Gasteiger partial charge in [-0.3, -0.25) is 0 Å². The van der Waals surface area contributed by atoms with Gasteiger partial charge in [-0.2, -0.15) is 0 Å². The zero-order valence-corrected chi connectivity index (χ0v) is 7.97. The van der Waals surface area contributed by atoms with Gasteiger partial charge >= 0.3 is 0 Å². The van der Waals surface area contributed by atoms with Gasteiger partial charge in [0.05, 0.1) is 13.2 Å². The van der Waals surface area contributed by atoms with Gasteiger partial charge in [0.25, 0.3) is 0 Å². The van der Waals surface area contributed by atoms with Gasteiger partial charge in [-0.1, -0.05) is 0 Å². The van der Waals surface area contributed by atoms with Crippen molar-refractivity contribution in [3.8, 4) is 0 Å². The molecule has 2 spiro atoms. The molecule has 0 aromatic carbocycles. The Kier molecular flexibility index (Phi) is 1.70. The molecule has 3 fully saturated rings. The maximum Gasteiger partial charge on any atom is 0.168 e. The summed E-state index contributed by atoms with van der Waals surface area (Å²) in [4.78, 5) is 0. The van der Waals surface area contributed by atoms with Gasteiger partial charge in [-0.25, -0.2) is 0 Å². The summed E-state index contributed by atoms with van der Waals surface area (Å²) in [5, 5.41) is 3.37. The standard InChI is InChI=1S/C10H17NO2/c1-3-10(12-5-6-13-10)4-2-9(1)7-11-8-9/h11H,1-8H2. The van der Waals surface area contributed by atoms with Crippen LogP contribution in [-0.4, -0.2) is 32.1 Å². The highest BCUT2D eigenvalue weighted by Crippen LogP contribution is 2.46. The zero-order chi connectivity index (χ0) is 8.78. The summed E-state index contributed by atoms with van der Waals surface area (Å²) in [6, 6.07) is 0. The highest BCUT2D eigenvalue weighted by atomic mass is 16.7. The third-order valence-corrected chi connectivity index (χ3v) is 3.89. The van der Waals surface area contributed by atoms with Crippen LogP contribution in [0.2, 0.25) is 0 Å². The Morgan fingerprint density at radius 3 is 1.92 bits per heavy atom. The van der Waals surface area contributed by atoms with Crippen LogP contribution < -0.4 is 5.32 Å². The van der Waals surface area contributed by atoms with E-state index >= 15 is 0 Å². The molecular formula is C10H17NO2. The molecule has 0 aromatic rings. The van der Waals surface area contributed by atoms with Crippen LogP contribution in [0.4, 0.5) is 0 Å². The molecule has 13 heavy (non-hydrogen) atoms. The Morgan fingerprint density at radius 1 is 0.846 bits per heavy atom. The molecule has 3 nitrogen and oxygen atoms in total. The number of hydrogen-bond donors (Lipinski definition) is 1. The Morgan fingerprint density at radius 2 is 1.46 bits per heavy atom. The van der Waals surface area contributed by atoms with E-state index < -0.39 is 0 Å². The van der Waals surface area contributed by atoms with E-state index in [0.717, 1.165) is 26.1 Å². The molecule has 1 aliphatic carbocycles. The fraction of sp³-hybridized carbons (Fsp3) is 1.00. The SMILES string of the molecule is C1COC2(CCC3(CC2)CNC3)O1. The first kappa shape index (κ1) is 8.21. The van der Waals surface area contributed by atoms with Crippen molar-refractivity contribution in [2.45, 2.75) is 31.5 Å². The first-order valence-electron chi connectivity index (χ1n) is 5.31. The monoisotopic (exact) mass is 183 g/mol. The van der Waals surface area contributed by atoms with Crippen molar-refractivity contribution in [2.24, 2.45) is 5.41 Å². The highest BCUT2D eigenvalue weighted by molar-refractivity contribution is 4.98. The van der Waals surface area contributed by atoms with Gasteiger partial charge in [0, 0.05) is 25.9 Å². The molecule has 0 atom stereocenters. The number of rotatable bonds is 0. The van der Waals surface area contributed by atoms with Crippen LogP contribution in [0, 0.1) is 5.41 Å². The summed E-state index contributed by atoms with van der Waals surface area (Å²) in [6.45, 7) is 4.02. The van der Waals surface area contributed by atoms with E-state index in [4.69, 9.17) is 9.47 Å². The smallest absolute Gasteiger partial charge is 0.168 e. The fourth-order valence-electron chi connectivity index (χ4n) is 2.78. The highest BCUT2D eigenvalue weighted by Gasteiger charge is 2.48. The molecule has 0 unspecified atom stereocenters. The predicted molar refractivity (Wildman–Crippen MR) is 48.4 cm³/mol. The second-order valence-corrected chi connectivity index (χ2v) is 4.71. The molecule has 0 amide bonds. The minimum Gasteiger partial charge on any atom is -0.348 e. The molecule has 3 heteroatoms. The molecule has 1 saturated carbocycles. The average Bonchev–Trinajstić information content (AvgIpc) is 2.53. The minimum atomic E-state index is -0.166. The van der Waals surface area contributed by atoms with Crippen molar-refractivity contribution in [1.29, 1.82) is 0 Å². The molecule has 2 heterocycles. The van der Waals surface area contributed by atoms with E-state index in [1.807, 2.05) is 0 Å². The summed E-state index contributed by atoms with van der Waals surface area (Å²) in [7, 11) is 0. The fourth-order valence-corrected chi connectivity index (χ4v) is 2.78. The molecule has 2 saturated heterocycles. The number of ether oxygens (including phenoxy) is 2. The normalized spacial score (nSPS) is 35.1. The predicted octanol–water partition coefficient (Wildman–Crippen LogP) is 0.893. The Hall–Kier alpha value is -0.120. The quantitative estimate of drug-likeness (QED) is 0.605. The van der Waals surface area contributed by atoms with E-state index in [0.29, 0.717) is 5.41 Å². The van der Waals surface area contributed by atoms with Crippen molar-refractivity contribution in [3.63, 3.8) is 0 Å². The van der Waals surface area contributed by atoms with Crippen LogP contribution in [0.3, 0.4) is 0 Å². The van der Waals surface area contributed by atoms with Crippen LogP contribution >= 0.6 is 0 Å². The minimum absolute atomic E-state index is 0.166. The third kappa shape index (κ3) is 1.22. The van der Waals surface area contributed by atoms with Gasteiger partial charge in [0.2, 0.25) is 0 Å². The lowest BCUT2D eigenvalue weighted by Crippen LogP contribution is -2.57. The lowest BCUT2D eigenvalue weighted by molar-refractivity contribution is -0.195. The summed E-state index contributed by atoms with van der Waals surface area (Å²) in [5.74, 6) is -0.166. The van der Waals surface area contributed by atoms with Gasteiger partial charge < -0.3 is 14.8 Å². The summed E-state index contributed by atoms with van der Waals surface area (Å²) < 4.78 is 11.4. The van der Waals surface area contributed by atoms with Gasteiger partial charge in [0.15, 0.2) is 5.79 Å². The first-order chi connectivity index (χ1) is 6.33. The molecule has 3 rings (SSSR count). The molecule has 0 radical (unpaired) electrons. The molecule has 0 bridgehead atoms. The number of hydrogen-bond acceptors (Lipinski definition) is 3. The summed E-state index contributed by atoms with van der Waals surface area (Å²) in [5.41, 5.74) is 0.612. The molecule has 3 aliphatic rings. The van der Waals surface area contributed by atoms with Crippen molar-refractivity contribution < 1.29 is 9.47 Å². The van der Waals surface area contributed by atoms with Crippen LogP contribution in [0.1, 0.15) is 25.7 Å². The zero-order valence-electron chi connectivity index (χ0n) is 7.97. The van der Waals surface area contributed by atoms with Crippen molar-refractivity contribution in [1.82, 2.24) is 5.32 Å². The van der Waals surface area contributed by atoms with Crippen LogP contribution in [0.15, 0.2) is 0 Å². The van der Waals surface area contributed by atoms with E-state index in [-0.39, 0.29) is 5.79 Å². The lowest BCUT2D eigenvalue weighted by Gasteiger charge is -2.49. The molecular weight excluding hydrogens is 166 g/mol. The van der Waals surface area contributed by atoms with E-state index in [1.54, 1.807) is 0 Å². The summed E-state index contributed by atoms with van der Waals surface area (Å²) in [6.07, 6.45) is 4.77. The maximum absolute atomic E-state index is 5.70. The average molecular weight is 183 g/mol. The first-order valence-corrected chi connectivity index (χ1v) is 5.31. The van der Waals surface area contributed by atoms with Crippen molar-refractivity contribution in [2.75, 3.05) is 26.3 Å². The van der Waals surface area contributed by atoms with Gasteiger partial charge in [-0.15, -0.1) is 0 Å². The molecule has 1 N–H and O–H groups in total. The molecule has 0 aromatic heterocycles. The van der Waals surface area contributed by atoms with E-state index in [1.165, 1.54) is 25.9 Å². The molecule has 2 aliphatic heterocycles. The van der Waals surface area contributed by atoms with Crippen LogP contribution in [0.25, 0.3) is 0 Å².